The van der Waals surface area contributed by atoms with E-state index in [-0.39, 0.29) is 29.4 Å². The van der Waals surface area contributed by atoms with Crippen molar-refractivity contribution in [2.75, 3.05) is 13.1 Å². The summed E-state index contributed by atoms with van der Waals surface area (Å²) in [6.45, 7) is 5.95. The minimum Gasteiger partial charge on any atom is -0.364 e. The van der Waals surface area contributed by atoms with Crippen molar-refractivity contribution in [3.8, 4) is 0 Å². The molecule has 0 aliphatic carbocycles. The Hall–Kier alpha value is -2.11. The second-order valence-electron chi connectivity index (χ2n) is 4.60. The molecule has 0 atom stereocenters. The lowest BCUT2D eigenvalue weighted by Crippen LogP contribution is -2.37. The zero-order valence-corrected chi connectivity index (χ0v) is 11.4. The van der Waals surface area contributed by atoms with Crippen molar-refractivity contribution < 1.29 is 9.59 Å². The standard InChI is InChI=1S/C13H19N3O3/c1-8(2)12(18)14-4-5-15-13(19)10-7-16-9(3)6-11(10)17/h6-8H,4-5H2,1-3H3,(H,14,18)(H,15,19)(H,16,17). The minimum atomic E-state index is -0.444. The average molecular weight is 265 g/mol. The molecular formula is C13H19N3O3. The predicted molar refractivity (Wildman–Crippen MR) is 72.0 cm³/mol. The quantitative estimate of drug-likeness (QED) is 0.663. The lowest BCUT2D eigenvalue weighted by molar-refractivity contribution is -0.123. The maximum absolute atomic E-state index is 11.7. The summed E-state index contributed by atoms with van der Waals surface area (Å²) in [5, 5.41) is 5.25. The van der Waals surface area contributed by atoms with Crippen LogP contribution in [0.1, 0.15) is 29.9 Å². The van der Waals surface area contributed by atoms with Crippen LogP contribution in [0.5, 0.6) is 0 Å². The molecule has 0 aliphatic rings. The van der Waals surface area contributed by atoms with Crippen molar-refractivity contribution >= 4 is 11.8 Å². The minimum absolute atomic E-state index is 0.0672. The third kappa shape index (κ3) is 4.57. The zero-order valence-electron chi connectivity index (χ0n) is 11.4. The van der Waals surface area contributed by atoms with Crippen molar-refractivity contribution in [3.05, 3.63) is 33.7 Å². The van der Waals surface area contributed by atoms with Crippen molar-refractivity contribution in [2.24, 2.45) is 5.92 Å². The summed E-state index contributed by atoms with van der Waals surface area (Å²) in [5.74, 6) is -0.599. The van der Waals surface area contributed by atoms with E-state index in [4.69, 9.17) is 0 Å². The number of H-pyrrole nitrogens is 1. The zero-order chi connectivity index (χ0) is 14.4. The Morgan fingerprint density at radius 1 is 1.26 bits per heavy atom. The largest absolute Gasteiger partial charge is 0.364 e. The van der Waals surface area contributed by atoms with Gasteiger partial charge in [0.2, 0.25) is 5.91 Å². The van der Waals surface area contributed by atoms with Gasteiger partial charge in [-0.25, -0.2) is 0 Å². The van der Waals surface area contributed by atoms with Crippen LogP contribution in [-0.2, 0) is 4.79 Å². The second-order valence-corrected chi connectivity index (χ2v) is 4.60. The second kappa shape index (κ2) is 6.72. The topological polar surface area (TPSA) is 91.1 Å². The molecule has 1 aromatic heterocycles. The van der Waals surface area contributed by atoms with Gasteiger partial charge in [-0.15, -0.1) is 0 Å². The molecule has 1 rings (SSSR count). The molecule has 6 heteroatoms. The highest BCUT2D eigenvalue weighted by atomic mass is 16.2. The fourth-order valence-corrected chi connectivity index (χ4v) is 1.41. The van der Waals surface area contributed by atoms with E-state index in [9.17, 15) is 14.4 Å². The lowest BCUT2D eigenvalue weighted by Gasteiger charge is -2.08. The highest BCUT2D eigenvalue weighted by Gasteiger charge is 2.10. The van der Waals surface area contributed by atoms with E-state index in [0.717, 1.165) is 0 Å². The van der Waals surface area contributed by atoms with E-state index < -0.39 is 5.91 Å². The number of aromatic amines is 1. The van der Waals surface area contributed by atoms with Crippen LogP contribution in [0.15, 0.2) is 17.1 Å². The van der Waals surface area contributed by atoms with Crippen LogP contribution < -0.4 is 16.1 Å². The Morgan fingerprint density at radius 2 is 1.89 bits per heavy atom. The van der Waals surface area contributed by atoms with E-state index in [1.165, 1.54) is 12.3 Å². The monoisotopic (exact) mass is 265 g/mol. The maximum atomic E-state index is 11.7. The number of rotatable bonds is 5. The summed E-state index contributed by atoms with van der Waals surface area (Å²) in [6.07, 6.45) is 1.39. The Balaban J connectivity index is 2.44. The molecule has 0 saturated carbocycles. The van der Waals surface area contributed by atoms with Gasteiger partial charge in [0.15, 0.2) is 5.43 Å². The highest BCUT2D eigenvalue weighted by Crippen LogP contribution is 1.92. The first-order valence-corrected chi connectivity index (χ1v) is 6.17. The molecule has 2 amide bonds. The number of carbonyl (C=O) groups excluding carboxylic acids is 2. The number of aryl methyl sites for hydroxylation is 1. The van der Waals surface area contributed by atoms with Crippen LogP contribution in [0.2, 0.25) is 0 Å². The number of carbonyl (C=O) groups is 2. The fraction of sp³-hybridized carbons (Fsp3) is 0.462. The van der Waals surface area contributed by atoms with Crippen LogP contribution in [0.4, 0.5) is 0 Å². The van der Waals surface area contributed by atoms with Gasteiger partial charge in [0, 0.05) is 37.0 Å². The van der Waals surface area contributed by atoms with Gasteiger partial charge in [0.1, 0.15) is 5.56 Å². The lowest BCUT2D eigenvalue weighted by atomic mass is 10.2. The molecule has 0 radical (unpaired) electrons. The van der Waals surface area contributed by atoms with Crippen LogP contribution in [0.25, 0.3) is 0 Å². The van der Waals surface area contributed by atoms with Gasteiger partial charge in [-0.3, -0.25) is 14.4 Å². The van der Waals surface area contributed by atoms with E-state index in [2.05, 4.69) is 15.6 Å². The maximum Gasteiger partial charge on any atom is 0.256 e. The summed E-state index contributed by atoms with van der Waals surface area (Å²) in [6, 6.07) is 1.37. The number of pyridine rings is 1. The Kier molecular flexibility index (Phi) is 5.29. The predicted octanol–water partition coefficient (Wildman–Crippen LogP) is 0.185. The first kappa shape index (κ1) is 14.9. The van der Waals surface area contributed by atoms with Gasteiger partial charge < -0.3 is 15.6 Å². The van der Waals surface area contributed by atoms with Gasteiger partial charge in [-0.1, -0.05) is 13.8 Å². The molecule has 1 heterocycles. The van der Waals surface area contributed by atoms with E-state index in [1.54, 1.807) is 20.8 Å². The molecule has 1 aromatic rings. The number of aromatic nitrogens is 1. The average Bonchev–Trinajstić information content (AvgIpc) is 2.33. The van der Waals surface area contributed by atoms with E-state index >= 15 is 0 Å². The van der Waals surface area contributed by atoms with Gasteiger partial charge in [-0.05, 0) is 6.92 Å². The Morgan fingerprint density at radius 3 is 2.47 bits per heavy atom. The first-order valence-electron chi connectivity index (χ1n) is 6.17. The molecular weight excluding hydrogens is 246 g/mol. The number of hydrogen-bond donors (Lipinski definition) is 3. The molecule has 104 valence electrons. The molecule has 19 heavy (non-hydrogen) atoms. The molecule has 0 aliphatic heterocycles. The van der Waals surface area contributed by atoms with Gasteiger partial charge in [-0.2, -0.15) is 0 Å². The molecule has 0 fully saturated rings. The summed E-state index contributed by atoms with van der Waals surface area (Å²) in [7, 11) is 0. The van der Waals surface area contributed by atoms with E-state index in [1.807, 2.05) is 0 Å². The van der Waals surface area contributed by atoms with Crippen molar-refractivity contribution in [3.63, 3.8) is 0 Å². The third-order valence-electron chi connectivity index (χ3n) is 2.54. The molecule has 0 aromatic carbocycles. The van der Waals surface area contributed by atoms with Crippen molar-refractivity contribution in [1.82, 2.24) is 15.6 Å². The molecule has 6 nitrogen and oxygen atoms in total. The Labute approximate surface area is 111 Å². The summed E-state index contributed by atoms with van der Waals surface area (Å²) in [5.41, 5.74) is 0.450. The smallest absolute Gasteiger partial charge is 0.256 e. The van der Waals surface area contributed by atoms with Crippen LogP contribution in [0.3, 0.4) is 0 Å². The summed E-state index contributed by atoms with van der Waals surface area (Å²) >= 11 is 0. The first-order chi connectivity index (χ1) is 8.91. The molecule has 0 saturated heterocycles. The molecule has 0 spiro atoms. The van der Waals surface area contributed by atoms with Gasteiger partial charge >= 0.3 is 0 Å². The number of amides is 2. The highest BCUT2D eigenvalue weighted by molar-refractivity contribution is 5.93. The molecule has 0 unspecified atom stereocenters. The van der Waals surface area contributed by atoms with E-state index in [0.29, 0.717) is 12.2 Å². The fourth-order valence-electron chi connectivity index (χ4n) is 1.41. The summed E-state index contributed by atoms with van der Waals surface area (Å²) < 4.78 is 0. The van der Waals surface area contributed by atoms with Crippen LogP contribution in [0, 0.1) is 12.8 Å². The van der Waals surface area contributed by atoms with Crippen LogP contribution in [-0.4, -0.2) is 29.9 Å². The van der Waals surface area contributed by atoms with Gasteiger partial charge in [0.25, 0.3) is 5.91 Å². The van der Waals surface area contributed by atoms with Crippen molar-refractivity contribution in [1.29, 1.82) is 0 Å². The van der Waals surface area contributed by atoms with Crippen molar-refractivity contribution in [2.45, 2.75) is 20.8 Å². The number of nitrogens with one attached hydrogen (secondary N) is 3. The normalized spacial score (nSPS) is 10.3. The molecule has 3 N–H and O–H groups in total. The van der Waals surface area contributed by atoms with Gasteiger partial charge in [0.05, 0.1) is 0 Å². The third-order valence-corrected chi connectivity index (χ3v) is 2.54. The van der Waals surface area contributed by atoms with Crippen LogP contribution >= 0.6 is 0 Å². The number of hydrogen-bond acceptors (Lipinski definition) is 3. The molecule has 0 bridgehead atoms. The summed E-state index contributed by atoms with van der Waals surface area (Å²) in [4.78, 5) is 37.4. The Bertz CT molecular complexity index is 520. The SMILES string of the molecule is Cc1cc(=O)c(C(=O)NCCNC(=O)C(C)C)c[nH]1.